The summed E-state index contributed by atoms with van der Waals surface area (Å²) in [5.74, 6) is -1.62. The first kappa shape index (κ1) is 28.1. The number of hydrogen-bond acceptors (Lipinski definition) is 6. The largest absolute Gasteiger partial charge is 0.457 e. The second kappa shape index (κ2) is 12.8. The van der Waals surface area contributed by atoms with Crippen LogP contribution in [0.2, 0.25) is 0 Å². The number of aliphatic hydroxyl groups is 1. The molecule has 3 aromatic carbocycles. The van der Waals surface area contributed by atoms with E-state index in [-0.39, 0.29) is 25.4 Å². The fraction of sp³-hybridized carbons (Fsp3) is 0.265. The number of amides is 2. The number of nitrogens with zero attached hydrogens (tertiary/aromatic N) is 1. The van der Waals surface area contributed by atoms with Gasteiger partial charge < -0.3 is 14.3 Å². The van der Waals surface area contributed by atoms with Crippen LogP contribution in [-0.2, 0) is 22.4 Å². The molecule has 7 nitrogen and oxygen atoms in total. The van der Waals surface area contributed by atoms with Crippen LogP contribution in [0, 0.1) is 12.8 Å². The highest BCUT2D eigenvalue weighted by atomic mass is 16.6. The normalized spacial score (nSPS) is 15.5. The van der Waals surface area contributed by atoms with Crippen molar-refractivity contribution in [2.24, 2.45) is 5.92 Å². The zero-order chi connectivity index (χ0) is 28.8. The third-order valence-electron chi connectivity index (χ3n) is 7.38. The maximum Gasteiger partial charge on any atom is 0.417 e. The van der Waals surface area contributed by atoms with Crippen molar-refractivity contribution in [3.8, 4) is 11.1 Å². The van der Waals surface area contributed by atoms with Gasteiger partial charge in [-0.05, 0) is 48.9 Å². The smallest absolute Gasteiger partial charge is 0.417 e. The summed E-state index contributed by atoms with van der Waals surface area (Å²) < 4.78 is 11.5. The summed E-state index contributed by atoms with van der Waals surface area (Å²) in [6.07, 6.45) is 1.15. The molecule has 2 atom stereocenters. The van der Waals surface area contributed by atoms with Gasteiger partial charge in [-0.2, -0.15) is 0 Å². The number of aryl methyl sites for hydroxylation is 2. The van der Waals surface area contributed by atoms with Gasteiger partial charge in [-0.15, -0.1) is 0 Å². The molecule has 1 saturated heterocycles. The van der Waals surface area contributed by atoms with Crippen LogP contribution in [0.4, 0.5) is 4.79 Å². The Labute approximate surface area is 239 Å². The Balaban J connectivity index is 1.53. The van der Waals surface area contributed by atoms with Gasteiger partial charge >= 0.3 is 6.09 Å². The van der Waals surface area contributed by atoms with Crippen LogP contribution in [0.3, 0.4) is 0 Å². The molecular weight excluding hydrogens is 518 g/mol. The molecule has 4 aromatic rings. The van der Waals surface area contributed by atoms with Gasteiger partial charge in [0.1, 0.15) is 24.3 Å². The molecule has 1 aliphatic rings. The topological polar surface area (TPSA) is 97.1 Å². The summed E-state index contributed by atoms with van der Waals surface area (Å²) in [5.41, 5.74) is 4.29. The Hall–Kier alpha value is -4.49. The van der Waals surface area contributed by atoms with E-state index >= 15 is 0 Å². The highest BCUT2D eigenvalue weighted by Gasteiger charge is 2.44. The van der Waals surface area contributed by atoms with Gasteiger partial charge in [-0.25, -0.2) is 9.69 Å². The number of ketones is 1. The molecule has 7 heteroatoms. The van der Waals surface area contributed by atoms with Crippen LogP contribution in [0.15, 0.2) is 95.4 Å². The van der Waals surface area contributed by atoms with E-state index in [4.69, 9.17) is 9.15 Å². The number of imide groups is 1. The van der Waals surface area contributed by atoms with Crippen molar-refractivity contribution >= 4 is 17.8 Å². The first-order valence-electron chi connectivity index (χ1n) is 13.9. The second-order valence-corrected chi connectivity index (χ2v) is 10.3. The van der Waals surface area contributed by atoms with E-state index < -0.39 is 29.7 Å². The lowest BCUT2D eigenvalue weighted by Gasteiger charge is -2.24. The van der Waals surface area contributed by atoms with E-state index in [2.05, 4.69) is 0 Å². The number of unbranched alkanes of at least 4 members (excludes halogenated alkanes) is 1. The van der Waals surface area contributed by atoms with E-state index in [1.165, 1.54) is 0 Å². The minimum Gasteiger partial charge on any atom is -0.457 e. The van der Waals surface area contributed by atoms with Crippen molar-refractivity contribution in [2.45, 2.75) is 38.6 Å². The number of cyclic esters (lactones) is 1. The predicted octanol–water partition coefficient (Wildman–Crippen LogP) is 6.33. The number of furan rings is 1. The molecule has 1 fully saturated rings. The molecule has 0 saturated carbocycles. The molecule has 2 amide bonds. The van der Waals surface area contributed by atoms with E-state index in [0.717, 1.165) is 32.7 Å². The van der Waals surface area contributed by atoms with E-state index in [1.54, 1.807) is 6.07 Å². The van der Waals surface area contributed by atoms with Gasteiger partial charge in [0.25, 0.3) is 0 Å². The fourth-order valence-corrected chi connectivity index (χ4v) is 5.26. The molecule has 1 aliphatic heterocycles. The van der Waals surface area contributed by atoms with E-state index in [1.807, 2.05) is 91.9 Å². The number of ether oxygens (including phenoxy) is 1. The Kier molecular flexibility index (Phi) is 8.75. The molecule has 1 N–H and O–H groups in total. The lowest BCUT2D eigenvalue weighted by molar-refractivity contribution is -0.132. The number of carbonyl (C=O) groups excluding carboxylic acids is 3. The highest BCUT2D eigenvalue weighted by molar-refractivity contribution is 6.12. The number of Topliss-reactive ketones (excluding diaryl/α,β-unsaturated/α-hetero) is 1. The predicted molar refractivity (Wildman–Crippen MR) is 154 cm³/mol. The molecule has 0 bridgehead atoms. The molecule has 5 rings (SSSR count). The second-order valence-electron chi connectivity index (χ2n) is 10.3. The van der Waals surface area contributed by atoms with Crippen molar-refractivity contribution in [3.63, 3.8) is 0 Å². The summed E-state index contributed by atoms with van der Waals surface area (Å²) in [6.45, 7) is 2.08. The molecule has 0 aliphatic carbocycles. The van der Waals surface area contributed by atoms with Crippen molar-refractivity contribution < 1.29 is 28.6 Å². The maximum absolute atomic E-state index is 14.2. The van der Waals surface area contributed by atoms with Crippen LogP contribution in [0.5, 0.6) is 0 Å². The number of hydrogen-bond donors (Lipinski definition) is 1. The number of rotatable bonds is 11. The first-order valence-corrected chi connectivity index (χ1v) is 13.9. The molecular formula is C34H33NO6. The van der Waals surface area contributed by atoms with Gasteiger partial charge in [0.15, 0.2) is 5.76 Å². The minimum absolute atomic E-state index is 0.0219. The summed E-state index contributed by atoms with van der Waals surface area (Å²) in [4.78, 5) is 42.2. The van der Waals surface area contributed by atoms with Crippen LogP contribution in [0.1, 0.15) is 51.9 Å². The van der Waals surface area contributed by atoms with Gasteiger partial charge in [0.05, 0.1) is 0 Å². The quantitative estimate of drug-likeness (QED) is 0.133. The number of aliphatic hydroxyl groups excluding tert-OH is 1. The molecule has 1 aromatic heterocycles. The Morgan fingerprint density at radius 2 is 1.68 bits per heavy atom. The van der Waals surface area contributed by atoms with Crippen LogP contribution in [-0.4, -0.2) is 41.0 Å². The molecule has 210 valence electrons. The SMILES string of the molecule is Cc1cccc(-c2cc(C(=O)[C@@H](Cc3ccccc3)C(=O)N3C(=O)OC[C@H]3c3ccccc3)oc2CCCCO)c1. The van der Waals surface area contributed by atoms with E-state index in [9.17, 15) is 19.5 Å². The van der Waals surface area contributed by atoms with Crippen molar-refractivity contribution in [3.05, 3.63) is 119 Å². The summed E-state index contributed by atoms with van der Waals surface area (Å²) in [5, 5.41) is 9.30. The zero-order valence-corrected chi connectivity index (χ0v) is 23.0. The number of benzene rings is 3. The van der Waals surface area contributed by atoms with Gasteiger partial charge in [-0.3, -0.25) is 9.59 Å². The minimum atomic E-state index is -1.20. The van der Waals surface area contributed by atoms with Crippen molar-refractivity contribution in [1.29, 1.82) is 0 Å². The summed E-state index contributed by atoms with van der Waals surface area (Å²) in [7, 11) is 0. The fourth-order valence-electron chi connectivity index (χ4n) is 5.26. The van der Waals surface area contributed by atoms with Crippen LogP contribution < -0.4 is 0 Å². The first-order chi connectivity index (χ1) is 20.0. The molecule has 2 heterocycles. The van der Waals surface area contributed by atoms with Crippen LogP contribution in [0.25, 0.3) is 11.1 Å². The third kappa shape index (κ3) is 6.31. The summed E-state index contributed by atoms with van der Waals surface area (Å²) in [6, 6.07) is 27.4. The highest BCUT2D eigenvalue weighted by Crippen LogP contribution is 2.34. The average molecular weight is 552 g/mol. The van der Waals surface area contributed by atoms with Crippen LogP contribution >= 0.6 is 0 Å². The summed E-state index contributed by atoms with van der Waals surface area (Å²) >= 11 is 0. The Bertz CT molecular complexity index is 1510. The molecule has 0 spiro atoms. The monoisotopic (exact) mass is 551 g/mol. The molecule has 0 radical (unpaired) electrons. The molecule has 41 heavy (non-hydrogen) atoms. The van der Waals surface area contributed by atoms with Gasteiger partial charge in [-0.1, -0.05) is 90.5 Å². The maximum atomic E-state index is 14.2. The Morgan fingerprint density at radius 1 is 0.951 bits per heavy atom. The zero-order valence-electron chi connectivity index (χ0n) is 23.0. The van der Waals surface area contributed by atoms with E-state index in [0.29, 0.717) is 25.0 Å². The average Bonchev–Trinajstić information content (AvgIpc) is 3.60. The van der Waals surface area contributed by atoms with Crippen molar-refractivity contribution in [1.82, 2.24) is 4.90 Å². The van der Waals surface area contributed by atoms with Gasteiger partial charge in [0, 0.05) is 18.6 Å². The Morgan fingerprint density at radius 3 is 2.39 bits per heavy atom. The third-order valence-corrected chi connectivity index (χ3v) is 7.38. The lowest BCUT2D eigenvalue weighted by atomic mass is 9.91. The number of carbonyl (C=O) groups is 3. The van der Waals surface area contributed by atoms with Gasteiger partial charge in [0.2, 0.25) is 11.7 Å². The lowest BCUT2D eigenvalue weighted by Crippen LogP contribution is -2.42. The molecule has 0 unspecified atom stereocenters. The van der Waals surface area contributed by atoms with Crippen molar-refractivity contribution in [2.75, 3.05) is 13.2 Å². The standard InChI is InChI=1S/C34H33NO6/c1-23-11-10-16-26(19-23)27-21-31(41-30(27)17-8-9-18-36)32(37)28(20-24-12-4-2-5-13-24)33(38)35-29(22-40-34(35)39)25-14-6-3-7-15-25/h2-7,10-16,19,21,28-29,36H,8-9,17-18,20,22H2,1H3/t28-,29+/m1/s1.